The van der Waals surface area contributed by atoms with Gasteiger partial charge in [-0.25, -0.2) is 4.79 Å². The molecule has 4 nitrogen and oxygen atoms in total. The van der Waals surface area contributed by atoms with Crippen molar-refractivity contribution >= 4 is 17.7 Å². The van der Waals surface area contributed by atoms with Gasteiger partial charge < -0.3 is 15.0 Å². The second-order valence-corrected chi connectivity index (χ2v) is 6.96. The molecule has 0 aromatic heterocycles. The summed E-state index contributed by atoms with van der Waals surface area (Å²) in [7, 11) is 0. The third-order valence-electron chi connectivity index (χ3n) is 4.76. The van der Waals surface area contributed by atoms with E-state index in [-0.39, 0.29) is 12.1 Å². The van der Waals surface area contributed by atoms with Gasteiger partial charge in [0.15, 0.2) is 0 Å². The van der Waals surface area contributed by atoms with E-state index in [1.165, 1.54) is 11.1 Å². The number of hydrogen-bond donors (Lipinski definition) is 1. The van der Waals surface area contributed by atoms with Crippen molar-refractivity contribution in [2.45, 2.75) is 31.8 Å². The first-order valence-corrected chi connectivity index (χ1v) is 9.53. The van der Waals surface area contributed by atoms with Crippen molar-refractivity contribution in [3.8, 4) is 0 Å². The van der Waals surface area contributed by atoms with Crippen molar-refractivity contribution in [1.29, 1.82) is 0 Å². The minimum absolute atomic E-state index is 0.104. The van der Waals surface area contributed by atoms with E-state index in [9.17, 15) is 4.79 Å². The maximum Gasteiger partial charge on any atom is 0.409 e. The molecule has 0 unspecified atom stereocenters. The van der Waals surface area contributed by atoms with Crippen molar-refractivity contribution < 1.29 is 9.53 Å². The Bertz CT molecular complexity index is 698. The highest BCUT2D eigenvalue weighted by Gasteiger charge is 2.26. The second-order valence-electron chi connectivity index (χ2n) is 6.52. The number of carbonyl (C=O) groups excluding carboxylic acids is 1. The van der Waals surface area contributed by atoms with E-state index < -0.39 is 0 Å². The lowest BCUT2D eigenvalue weighted by Gasteiger charge is -2.34. The van der Waals surface area contributed by atoms with Crippen LogP contribution in [0.25, 0.3) is 0 Å². The van der Waals surface area contributed by atoms with Crippen LogP contribution in [0.1, 0.15) is 36.9 Å². The van der Waals surface area contributed by atoms with Gasteiger partial charge in [-0.2, -0.15) is 0 Å². The Hall–Kier alpha value is -2.04. The molecule has 1 N–H and O–H groups in total. The Labute approximate surface area is 160 Å². The van der Waals surface area contributed by atoms with E-state index in [4.69, 9.17) is 16.3 Å². The summed E-state index contributed by atoms with van der Waals surface area (Å²) in [5.41, 5.74) is 2.41. The fourth-order valence-electron chi connectivity index (χ4n) is 3.36. The topological polar surface area (TPSA) is 41.6 Å². The Morgan fingerprint density at radius 3 is 2.35 bits per heavy atom. The van der Waals surface area contributed by atoms with Gasteiger partial charge >= 0.3 is 6.09 Å². The average molecular weight is 373 g/mol. The van der Waals surface area contributed by atoms with E-state index in [2.05, 4.69) is 41.7 Å². The summed E-state index contributed by atoms with van der Waals surface area (Å²) in [6.07, 6.45) is 1.62. The first-order chi connectivity index (χ1) is 12.7. The third-order valence-corrected chi connectivity index (χ3v) is 5.01. The van der Waals surface area contributed by atoms with Crippen LogP contribution in [0.3, 0.4) is 0 Å². The highest BCUT2D eigenvalue weighted by molar-refractivity contribution is 6.30. The number of rotatable bonds is 5. The molecular weight excluding hydrogens is 348 g/mol. The number of benzene rings is 2. The van der Waals surface area contributed by atoms with Crippen molar-refractivity contribution in [2.24, 2.45) is 0 Å². The molecule has 5 heteroatoms. The normalized spacial score (nSPS) is 16.3. The Morgan fingerprint density at radius 2 is 1.73 bits per heavy atom. The summed E-state index contributed by atoms with van der Waals surface area (Å²) in [5, 5.41) is 4.52. The maximum atomic E-state index is 11.9. The monoisotopic (exact) mass is 372 g/mol. The highest BCUT2D eigenvalue weighted by Crippen LogP contribution is 2.26. The Morgan fingerprint density at radius 1 is 1.12 bits per heavy atom. The summed E-state index contributed by atoms with van der Waals surface area (Å²) in [6, 6.07) is 18.9. The smallest absolute Gasteiger partial charge is 0.409 e. The second kappa shape index (κ2) is 9.06. The number of hydrogen-bond acceptors (Lipinski definition) is 3. The number of nitrogens with zero attached hydrogens (tertiary/aromatic N) is 1. The van der Waals surface area contributed by atoms with Crippen LogP contribution in [0.4, 0.5) is 4.79 Å². The van der Waals surface area contributed by atoms with Crippen LogP contribution in [-0.4, -0.2) is 36.7 Å². The van der Waals surface area contributed by atoms with Crippen LogP contribution < -0.4 is 5.32 Å². The van der Waals surface area contributed by atoms with Crippen LogP contribution in [0.15, 0.2) is 54.6 Å². The average Bonchev–Trinajstić information content (AvgIpc) is 2.68. The number of halogens is 1. The van der Waals surface area contributed by atoms with E-state index in [1.807, 2.05) is 25.1 Å². The first kappa shape index (κ1) is 18.7. The Kier molecular flexibility index (Phi) is 6.53. The molecular formula is C21H25ClN2O2. The number of amides is 1. The standard InChI is InChI=1S/C21H25ClN2O2/c1-2-26-21(25)24-14-12-19(13-15-24)23-20(16-6-4-3-5-7-16)17-8-10-18(22)11-9-17/h3-11,19-20,23H,2,12-15H2,1H3/t20-/m1/s1. The van der Waals surface area contributed by atoms with Gasteiger partial charge in [-0.05, 0) is 43.0 Å². The van der Waals surface area contributed by atoms with Crippen LogP contribution in [-0.2, 0) is 4.74 Å². The SMILES string of the molecule is CCOC(=O)N1CCC(N[C@H](c2ccccc2)c2ccc(Cl)cc2)CC1. The summed E-state index contributed by atoms with van der Waals surface area (Å²) in [4.78, 5) is 13.7. The molecule has 1 heterocycles. The van der Waals surface area contributed by atoms with Crippen molar-refractivity contribution in [3.05, 3.63) is 70.7 Å². The Balaban J connectivity index is 1.69. The van der Waals surface area contributed by atoms with Gasteiger partial charge in [-0.3, -0.25) is 0 Å². The number of likely N-dealkylation sites (tertiary alicyclic amines) is 1. The molecule has 1 aliphatic heterocycles. The molecule has 3 rings (SSSR count). The molecule has 0 spiro atoms. The van der Waals surface area contributed by atoms with Gasteiger partial charge in [-0.15, -0.1) is 0 Å². The zero-order chi connectivity index (χ0) is 18.4. The zero-order valence-electron chi connectivity index (χ0n) is 15.0. The molecule has 0 saturated carbocycles. The summed E-state index contributed by atoms with van der Waals surface area (Å²) >= 11 is 6.06. The predicted molar refractivity (Wildman–Crippen MR) is 104 cm³/mol. The van der Waals surface area contributed by atoms with Gasteiger partial charge in [0.25, 0.3) is 0 Å². The van der Waals surface area contributed by atoms with Crippen LogP contribution >= 0.6 is 11.6 Å². The molecule has 0 aliphatic carbocycles. The predicted octanol–water partition coefficient (Wildman–Crippen LogP) is 4.64. The van der Waals surface area contributed by atoms with Crippen molar-refractivity contribution in [2.75, 3.05) is 19.7 Å². The largest absolute Gasteiger partial charge is 0.450 e. The van der Waals surface area contributed by atoms with Crippen LogP contribution in [0.5, 0.6) is 0 Å². The lowest BCUT2D eigenvalue weighted by atomic mass is 9.95. The molecule has 1 fully saturated rings. The maximum absolute atomic E-state index is 11.9. The van der Waals surface area contributed by atoms with Crippen molar-refractivity contribution in [3.63, 3.8) is 0 Å². The highest BCUT2D eigenvalue weighted by atomic mass is 35.5. The molecule has 26 heavy (non-hydrogen) atoms. The van der Waals surface area contributed by atoms with E-state index in [0.29, 0.717) is 12.6 Å². The molecule has 2 aromatic carbocycles. The number of piperidine rings is 1. The number of ether oxygens (including phenoxy) is 1. The van der Waals surface area contributed by atoms with Crippen LogP contribution in [0.2, 0.25) is 5.02 Å². The molecule has 1 amide bonds. The molecule has 0 bridgehead atoms. The van der Waals surface area contributed by atoms with Crippen LogP contribution in [0, 0.1) is 0 Å². The summed E-state index contributed by atoms with van der Waals surface area (Å²) < 4.78 is 5.10. The molecule has 138 valence electrons. The summed E-state index contributed by atoms with van der Waals surface area (Å²) in [6.45, 7) is 3.70. The van der Waals surface area contributed by atoms with E-state index >= 15 is 0 Å². The molecule has 2 aromatic rings. The number of nitrogens with one attached hydrogen (secondary N) is 1. The lowest BCUT2D eigenvalue weighted by molar-refractivity contribution is 0.0945. The summed E-state index contributed by atoms with van der Waals surface area (Å²) in [5.74, 6) is 0. The fraction of sp³-hybridized carbons (Fsp3) is 0.381. The van der Waals surface area contributed by atoms with E-state index in [1.54, 1.807) is 4.90 Å². The van der Waals surface area contributed by atoms with Crippen molar-refractivity contribution in [1.82, 2.24) is 10.2 Å². The minimum Gasteiger partial charge on any atom is -0.450 e. The molecule has 1 atom stereocenters. The lowest BCUT2D eigenvalue weighted by Crippen LogP contribution is -2.46. The van der Waals surface area contributed by atoms with Gasteiger partial charge in [0, 0.05) is 24.2 Å². The van der Waals surface area contributed by atoms with Gasteiger partial charge in [0.1, 0.15) is 0 Å². The molecule has 1 saturated heterocycles. The molecule has 0 radical (unpaired) electrons. The van der Waals surface area contributed by atoms with Gasteiger partial charge in [0.2, 0.25) is 0 Å². The first-order valence-electron chi connectivity index (χ1n) is 9.15. The number of carbonyl (C=O) groups is 1. The third kappa shape index (κ3) is 4.77. The zero-order valence-corrected chi connectivity index (χ0v) is 15.8. The fourth-order valence-corrected chi connectivity index (χ4v) is 3.49. The van der Waals surface area contributed by atoms with Gasteiger partial charge in [-0.1, -0.05) is 54.1 Å². The quantitative estimate of drug-likeness (QED) is 0.831. The van der Waals surface area contributed by atoms with E-state index in [0.717, 1.165) is 31.0 Å². The minimum atomic E-state index is -0.205. The van der Waals surface area contributed by atoms with Gasteiger partial charge in [0.05, 0.1) is 12.6 Å². The molecule has 1 aliphatic rings.